The molecule has 3 aromatic carbocycles. The number of carbonyl (C=O) groups excluding carboxylic acids is 2. The quantitative estimate of drug-likeness (QED) is 0.314. The summed E-state index contributed by atoms with van der Waals surface area (Å²) in [5.41, 5.74) is 1.99. The maximum absolute atomic E-state index is 12.9. The summed E-state index contributed by atoms with van der Waals surface area (Å²) in [4.78, 5) is 36.1. The molecule has 8 heteroatoms. The van der Waals surface area contributed by atoms with Crippen LogP contribution in [0.25, 0.3) is 0 Å². The third-order valence-corrected chi connectivity index (χ3v) is 4.72. The number of nitrogens with one attached hydrogen (secondary N) is 1. The van der Waals surface area contributed by atoms with Crippen molar-refractivity contribution in [1.29, 1.82) is 0 Å². The molecule has 7 nitrogen and oxygen atoms in total. The van der Waals surface area contributed by atoms with Crippen LogP contribution >= 0.6 is 11.6 Å². The van der Waals surface area contributed by atoms with Crippen LogP contribution in [0.3, 0.4) is 0 Å². The molecule has 1 amide bonds. The van der Waals surface area contributed by atoms with Gasteiger partial charge in [-0.2, -0.15) is 0 Å². The van der Waals surface area contributed by atoms with E-state index >= 15 is 0 Å². The number of hydrogen-bond donors (Lipinski definition) is 1. The number of ketones is 1. The van der Waals surface area contributed by atoms with E-state index in [4.69, 9.17) is 16.3 Å². The van der Waals surface area contributed by atoms with Crippen LogP contribution < -0.4 is 10.1 Å². The Bertz CT molecular complexity index is 1160. The second kappa shape index (κ2) is 9.40. The highest BCUT2D eigenvalue weighted by Gasteiger charge is 2.21. The highest BCUT2D eigenvalue weighted by Crippen LogP contribution is 2.32. The van der Waals surface area contributed by atoms with Crippen molar-refractivity contribution in [1.82, 2.24) is 0 Å². The molecular weight excluding hydrogens is 420 g/mol. The molecular formula is C23H19ClN2O5. The number of nitrogens with zero attached hydrogens (tertiary/aromatic N) is 1. The second-order valence-corrected chi connectivity index (χ2v) is 7.35. The van der Waals surface area contributed by atoms with Gasteiger partial charge in [0.2, 0.25) is 5.75 Å². The van der Waals surface area contributed by atoms with Gasteiger partial charge in [-0.15, -0.1) is 0 Å². The van der Waals surface area contributed by atoms with Gasteiger partial charge in [0.15, 0.2) is 12.4 Å². The fraction of sp³-hybridized carbons (Fsp3) is 0.130. The van der Waals surface area contributed by atoms with Gasteiger partial charge in [-0.3, -0.25) is 19.7 Å². The van der Waals surface area contributed by atoms with E-state index in [9.17, 15) is 19.7 Å². The monoisotopic (exact) mass is 438 g/mol. The summed E-state index contributed by atoms with van der Waals surface area (Å²) in [6, 6.07) is 16.3. The zero-order valence-electron chi connectivity index (χ0n) is 16.8. The van der Waals surface area contributed by atoms with Crippen LogP contribution in [0.15, 0.2) is 60.7 Å². The number of rotatable bonds is 7. The molecule has 0 atom stereocenters. The summed E-state index contributed by atoms with van der Waals surface area (Å²) < 4.78 is 5.46. The average Bonchev–Trinajstić information content (AvgIpc) is 2.74. The lowest BCUT2D eigenvalue weighted by atomic mass is 10.0. The Morgan fingerprint density at radius 2 is 1.77 bits per heavy atom. The van der Waals surface area contributed by atoms with Gasteiger partial charge in [0, 0.05) is 22.2 Å². The van der Waals surface area contributed by atoms with Crippen molar-refractivity contribution in [2.75, 3.05) is 11.9 Å². The third kappa shape index (κ3) is 5.26. The Labute approximate surface area is 183 Å². The number of nitro groups is 1. The first kappa shape index (κ1) is 22.0. The van der Waals surface area contributed by atoms with E-state index in [-0.39, 0.29) is 28.5 Å². The summed E-state index contributed by atoms with van der Waals surface area (Å²) in [6.07, 6.45) is 0. The Hall–Kier alpha value is -3.71. The standard InChI is InChI=1S/C23H19ClN2O5/c1-14-10-15(2)23(20(11-14)26(29)30)31-13-21(27)25-19-9-8-17(24)12-18(19)22(28)16-6-4-3-5-7-16/h3-12H,13H2,1-2H3,(H,25,27). The summed E-state index contributed by atoms with van der Waals surface area (Å²) in [5, 5.41) is 14.3. The first-order valence-corrected chi connectivity index (χ1v) is 9.71. The molecule has 0 aliphatic rings. The number of aryl methyl sites for hydroxylation is 2. The zero-order chi connectivity index (χ0) is 22.5. The topological polar surface area (TPSA) is 98.5 Å². The predicted molar refractivity (Wildman–Crippen MR) is 118 cm³/mol. The fourth-order valence-corrected chi connectivity index (χ4v) is 3.31. The average molecular weight is 439 g/mol. The maximum Gasteiger partial charge on any atom is 0.311 e. The molecule has 0 aliphatic heterocycles. The van der Waals surface area contributed by atoms with Gasteiger partial charge in [-0.25, -0.2) is 0 Å². The molecule has 0 radical (unpaired) electrons. The molecule has 0 unspecified atom stereocenters. The van der Waals surface area contributed by atoms with Crippen molar-refractivity contribution in [3.63, 3.8) is 0 Å². The Morgan fingerprint density at radius 3 is 2.45 bits per heavy atom. The van der Waals surface area contributed by atoms with Crippen molar-refractivity contribution in [2.45, 2.75) is 13.8 Å². The normalized spacial score (nSPS) is 10.4. The minimum Gasteiger partial charge on any atom is -0.477 e. The molecule has 0 aromatic heterocycles. The van der Waals surface area contributed by atoms with E-state index in [0.29, 0.717) is 21.7 Å². The van der Waals surface area contributed by atoms with Crippen LogP contribution in [-0.2, 0) is 4.79 Å². The number of ether oxygens (including phenoxy) is 1. The molecule has 0 bridgehead atoms. The largest absolute Gasteiger partial charge is 0.477 e. The molecule has 0 aliphatic carbocycles. The van der Waals surface area contributed by atoms with Gasteiger partial charge in [-0.1, -0.05) is 48.0 Å². The lowest BCUT2D eigenvalue weighted by Gasteiger charge is -2.13. The smallest absolute Gasteiger partial charge is 0.311 e. The van der Waals surface area contributed by atoms with E-state index in [1.165, 1.54) is 18.2 Å². The SMILES string of the molecule is Cc1cc(C)c(OCC(=O)Nc2ccc(Cl)cc2C(=O)c2ccccc2)c([N+](=O)[O-])c1. The summed E-state index contributed by atoms with van der Waals surface area (Å²) in [6.45, 7) is 2.94. The molecule has 0 saturated heterocycles. The summed E-state index contributed by atoms with van der Waals surface area (Å²) in [7, 11) is 0. The summed E-state index contributed by atoms with van der Waals surface area (Å²) in [5.74, 6) is -0.842. The molecule has 3 aromatic rings. The molecule has 3 rings (SSSR count). The van der Waals surface area contributed by atoms with Gasteiger partial charge >= 0.3 is 5.69 Å². The number of nitro benzene ring substituents is 1. The van der Waals surface area contributed by atoms with Gasteiger partial charge in [0.25, 0.3) is 5.91 Å². The van der Waals surface area contributed by atoms with Crippen molar-refractivity contribution >= 4 is 34.7 Å². The minimum atomic E-state index is -0.571. The first-order chi connectivity index (χ1) is 14.8. The van der Waals surface area contributed by atoms with E-state index < -0.39 is 17.4 Å². The van der Waals surface area contributed by atoms with E-state index in [0.717, 1.165) is 0 Å². The molecule has 0 saturated carbocycles. The number of benzene rings is 3. The molecule has 0 fully saturated rings. The predicted octanol–water partition coefficient (Wildman–Crippen LogP) is 5.11. The molecule has 0 spiro atoms. The number of anilines is 1. The van der Waals surface area contributed by atoms with E-state index in [1.54, 1.807) is 56.3 Å². The molecule has 31 heavy (non-hydrogen) atoms. The van der Waals surface area contributed by atoms with Crippen molar-refractivity contribution in [3.05, 3.63) is 98.1 Å². The van der Waals surface area contributed by atoms with Crippen LogP contribution in [0.5, 0.6) is 5.75 Å². The lowest BCUT2D eigenvalue weighted by Crippen LogP contribution is -2.22. The lowest BCUT2D eigenvalue weighted by molar-refractivity contribution is -0.385. The Morgan fingerprint density at radius 1 is 1.06 bits per heavy atom. The maximum atomic E-state index is 12.9. The highest BCUT2D eigenvalue weighted by molar-refractivity contribution is 6.31. The van der Waals surface area contributed by atoms with Crippen LogP contribution in [0.2, 0.25) is 5.02 Å². The fourth-order valence-electron chi connectivity index (χ4n) is 3.14. The second-order valence-electron chi connectivity index (χ2n) is 6.91. The van der Waals surface area contributed by atoms with Crippen molar-refractivity contribution in [2.24, 2.45) is 0 Å². The Kier molecular flexibility index (Phi) is 6.67. The third-order valence-electron chi connectivity index (χ3n) is 4.48. The first-order valence-electron chi connectivity index (χ1n) is 9.34. The molecule has 0 heterocycles. The van der Waals surface area contributed by atoms with Gasteiger partial charge in [0.05, 0.1) is 10.6 Å². The van der Waals surface area contributed by atoms with Gasteiger partial charge < -0.3 is 10.1 Å². The van der Waals surface area contributed by atoms with Gasteiger partial charge in [-0.05, 0) is 43.2 Å². The number of halogens is 1. The Balaban J connectivity index is 1.80. The van der Waals surface area contributed by atoms with Crippen LogP contribution in [0, 0.1) is 24.0 Å². The summed E-state index contributed by atoms with van der Waals surface area (Å²) >= 11 is 6.05. The molecule has 1 N–H and O–H groups in total. The number of carbonyl (C=O) groups is 2. The van der Waals surface area contributed by atoms with Crippen LogP contribution in [0.4, 0.5) is 11.4 Å². The van der Waals surface area contributed by atoms with Crippen LogP contribution in [0.1, 0.15) is 27.0 Å². The molecule has 158 valence electrons. The van der Waals surface area contributed by atoms with Crippen molar-refractivity contribution < 1.29 is 19.2 Å². The zero-order valence-corrected chi connectivity index (χ0v) is 17.6. The van der Waals surface area contributed by atoms with Crippen LogP contribution in [-0.4, -0.2) is 23.2 Å². The number of hydrogen-bond acceptors (Lipinski definition) is 5. The number of amides is 1. The van der Waals surface area contributed by atoms with Crippen molar-refractivity contribution in [3.8, 4) is 5.75 Å². The highest BCUT2D eigenvalue weighted by atomic mass is 35.5. The van der Waals surface area contributed by atoms with E-state index in [1.807, 2.05) is 0 Å². The minimum absolute atomic E-state index is 0.0300. The van der Waals surface area contributed by atoms with E-state index in [2.05, 4.69) is 5.32 Å². The van der Waals surface area contributed by atoms with Gasteiger partial charge in [0.1, 0.15) is 0 Å².